The highest BCUT2D eigenvalue weighted by atomic mass is 16.5. The summed E-state index contributed by atoms with van der Waals surface area (Å²) in [4.78, 5) is 27.3. The van der Waals surface area contributed by atoms with Crippen molar-refractivity contribution >= 4 is 17.5 Å². The molecule has 2 aromatic carbocycles. The second-order valence-corrected chi connectivity index (χ2v) is 9.37. The fourth-order valence-electron chi connectivity index (χ4n) is 5.69. The molecule has 188 valence electrons. The summed E-state index contributed by atoms with van der Waals surface area (Å²) in [6.07, 6.45) is 4.03. The summed E-state index contributed by atoms with van der Waals surface area (Å²) in [5, 5.41) is 14.4. The molecule has 0 spiro atoms. The monoisotopic (exact) mass is 482 g/mol. The Balaban J connectivity index is 1.80. The molecule has 35 heavy (non-hydrogen) atoms. The van der Waals surface area contributed by atoms with E-state index in [4.69, 9.17) is 14.2 Å². The van der Waals surface area contributed by atoms with Crippen LogP contribution in [-0.2, 0) is 4.79 Å². The molecule has 0 aromatic heterocycles. The van der Waals surface area contributed by atoms with Crippen molar-refractivity contribution in [2.75, 3.05) is 33.2 Å². The van der Waals surface area contributed by atoms with Crippen LogP contribution in [-0.4, -0.2) is 55.3 Å². The summed E-state index contributed by atoms with van der Waals surface area (Å²) in [6, 6.07) is 10.3. The van der Waals surface area contributed by atoms with Crippen LogP contribution in [0.15, 0.2) is 36.4 Å². The molecule has 0 bridgehead atoms. The summed E-state index contributed by atoms with van der Waals surface area (Å²) in [5.74, 6) is 1.02. The summed E-state index contributed by atoms with van der Waals surface area (Å²) in [7, 11) is 4.68. The number of likely N-dealkylation sites (tertiary alicyclic amines) is 1. The van der Waals surface area contributed by atoms with Crippen LogP contribution in [0.2, 0.25) is 0 Å². The van der Waals surface area contributed by atoms with Crippen LogP contribution in [0, 0.1) is 5.92 Å². The van der Waals surface area contributed by atoms with Gasteiger partial charge < -0.3 is 29.5 Å². The SMILES string of the molecule is COc1cc([C@@H]2[C@@H]3CCCC[C@@]3(O)CCN2C(=O)c2cccc(NC(C)=O)c2)cc(OC)c1OC. The Hall–Kier alpha value is -3.26. The number of hydrogen-bond donors (Lipinski definition) is 2. The number of ether oxygens (including phenoxy) is 3. The van der Waals surface area contributed by atoms with Crippen molar-refractivity contribution in [1.29, 1.82) is 0 Å². The molecule has 0 radical (unpaired) electrons. The Bertz CT molecular complexity index is 1080. The Labute approximate surface area is 206 Å². The molecule has 8 heteroatoms. The van der Waals surface area contributed by atoms with E-state index >= 15 is 0 Å². The number of fused-ring (bicyclic) bond motifs is 1. The molecule has 0 unspecified atom stereocenters. The van der Waals surface area contributed by atoms with Crippen molar-refractivity contribution in [1.82, 2.24) is 4.90 Å². The highest BCUT2D eigenvalue weighted by Gasteiger charge is 2.50. The van der Waals surface area contributed by atoms with Gasteiger partial charge >= 0.3 is 0 Å². The van der Waals surface area contributed by atoms with Crippen LogP contribution in [0.1, 0.15) is 61.0 Å². The Morgan fingerprint density at radius 2 is 1.74 bits per heavy atom. The van der Waals surface area contributed by atoms with Gasteiger partial charge in [0.25, 0.3) is 5.91 Å². The third kappa shape index (κ3) is 4.80. The average molecular weight is 483 g/mol. The van der Waals surface area contributed by atoms with Gasteiger partial charge in [-0.25, -0.2) is 0 Å². The quantitative estimate of drug-likeness (QED) is 0.641. The first-order valence-corrected chi connectivity index (χ1v) is 12.0. The lowest BCUT2D eigenvalue weighted by Gasteiger charge is -2.52. The minimum atomic E-state index is -0.835. The molecule has 4 rings (SSSR count). The van der Waals surface area contributed by atoms with E-state index in [1.165, 1.54) is 6.92 Å². The van der Waals surface area contributed by atoms with Crippen molar-refractivity contribution in [2.45, 2.75) is 50.7 Å². The highest BCUT2D eigenvalue weighted by Crippen LogP contribution is 2.51. The van der Waals surface area contributed by atoms with E-state index in [1.807, 2.05) is 17.0 Å². The number of hydrogen-bond acceptors (Lipinski definition) is 6. The van der Waals surface area contributed by atoms with Crippen molar-refractivity contribution in [3.05, 3.63) is 47.5 Å². The largest absolute Gasteiger partial charge is 0.493 e. The lowest BCUT2D eigenvalue weighted by Crippen LogP contribution is -2.56. The van der Waals surface area contributed by atoms with Gasteiger partial charge in [-0.15, -0.1) is 0 Å². The number of aliphatic hydroxyl groups is 1. The van der Waals surface area contributed by atoms with Crippen molar-refractivity contribution in [3.8, 4) is 17.2 Å². The number of methoxy groups -OCH3 is 3. The number of piperidine rings is 1. The van der Waals surface area contributed by atoms with Gasteiger partial charge in [0.15, 0.2) is 11.5 Å². The van der Waals surface area contributed by atoms with Gasteiger partial charge in [-0.05, 0) is 55.2 Å². The molecule has 2 fully saturated rings. The standard InChI is InChI=1S/C27H34N2O6/c1-17(30)28-20-9-7-8-18(14-20)26(31)29-13-12-27(32)11-6-5-10-21(27)24(29)19-15-22(33-2)25(35-4)23(16-19)34-3/h7-9,14-16,21,24,32H,5-6,10-13H2,1-4H3,(H,28,30)/t21-,24+,27+/m0/s1. The van der Waals surface area contributed by atoms with E-state index < -0.39 is 5.60 Å². The van der Waals surface area contributed by atoms with E-state index in [2.05, 4.69) is 5.32 Å². The fraction of sp³-hybridized carbons (Fsp3) is 0.481. The number of carbonyl (C=O) groups is 2. The van der Waals surface area contributed by atoms with E-state index in [0.717, 1.165) is 31.2 Å². The molecular weight excluding hydrogens is 448 g/mol. The second-order valence-electron chi connectivity index (χ2n) is 9.37. The van der Waals surface area contributed by atoms with E-state index in [0.29, 0.717) is 41.5 Å². The summed E-state index contributed by atoms with van der Waals surface area (Å²) < 4.78 is 16.7. The van der Waals surface area contributed by atoms with Gasteiger partial charge in [-0.3, -0.25) is 9.59 Å². The lowest BCUT2D eigenvalue weighted by molar-refractivity contribution is -0.115. The molecule has 2 amide bonds. The predicted octanol–water partition coefficient (Wildman–Crippen LogP) is 4.18. The first-order valence-electron chi connectivity index (χ1n) is 12.0. The number of anilines is 1. The first kappa shape index (κ1) is 24.9. The Kier molecular flexibility index (Phi) is 7.21. The predicted molar refractivity (Wildman–Crippen MR) is 132 cm³/mol. The lowest BCUT2D eigenvalue weighted by atomic mass is 9.66. The minimum Gasteiger partial charge on any atom is -0.493 e. The second kappa shape index (κ2) is 10.2. The number of nitrogens with one attached hydrogen (secondary N) is 1. The topological polar surface area (TPSA) is 97.3 Å². The van der Waals surface area contributed by atoms with E-state index in [-0.39, 0.29) is 23.8 Å². The van der Waals surface area contributed by atoms with Crippen LogP contribution in [0.5, 0.6) is 17.2 Å². The average Bonchev–Trinajstić information content (AvgIpc) is 2.86. The van der Waals surface area contributed by atoms with Gasteiger partial charge in [0.2, 0.25) is 11.7 Å². The van der Waals surface area contributed by atoms with Crippen LogP contribution in [0.3, 0.4) is 0 Å². The maximum absolute atomic E-state index is 13.9. The number of carbonyl (C=O) groups excluding carboxylic acids is 2. The molecule has 1 saturated heterocycles. The molecular formula is C27H34N2O6. The normalized spacial score (nSPS) is 23.7. The first-order chi connectivity index (χ1) is 16.8. The molecule has 2 N–H and O–H groups in total. The zero-order chi connectivity index (χ0) is 25.2. The number of amides is 2. The van der Waals surface area contributed by atoms with Crippen molar-refractivity contribution in [3.63, 3.8) is 0 Å². The highest BCUT2D eigenvalue weighted by molar-refractivity contribution is 5.97. The maximum atomic E-state index is 13.9. The fourth-order valence-corrected chi connectivity index (χ4v) is 5.69. The van der Waals surface area contributed by atoms with E-state index in [9.17, 15) is 14.7 Å². The summed E-state index contributed by atoms with van der Waals surface area (Å²) in [6.45, 7) is 1.85. The molecule has 3 atom stereocenters. The molecule has 1 heterocycles. The van der Waals surface area contributed by atoms with Crippen LogP contribution >= 0.6 is 0 Å². The van der Waals surface area contributed by atoms with Gasteiger partial charge in [-0.2, -0.15) is 0 Å². The molecule has 1 aliphatic carbocycles. The van der Waals surface area contributed by atoms with Gasteiger partial charge in [0, 0.05) is 30.6 Å². The molecule has 2 aliphatic rings. The smallest absolute Gasteiger partial charge is 0.254 e. The Morgan fingerprint density at radius 1 is 1.03 bits per heavy atom. The molecule has 2 aromatic rings. The number of rotatable bonds is 6. The molecule has 1 saturated carbocycles. The van der Waals surface area contributed by atoms with Crippen LogP contribution in [0.25, 0.3) is 0 Å². The van der Waals surface area contributed by atoms with Gasteiger partial charge in [0.1, 0.15) is 0 Å². The van der Waals surface area contributed by atoms with Crippen molar-refractivity contribution < 1.29 is 28.9 Å². The zero-order valence-corrected chi connectivity index (χ0v) is 20.8. The van der Waals surface area contributed by atoms with Crippen molar-refractivity contribution in [2.24, 2.45) is 5.92 Å². The van der Waals surface area contributed by atoms with Gasteiger partial charge in [-0.1, -0.05) is 18.9 Å². The van der Waals surface area contributed by atoms with Gasteiger partial charge in [0.05, 0.1) is 33.0 Å². The number of benzene rings is 2. The Morgan fingerprint density at radius 3 is 2.37 bits per heavy atom. The zero-order valence-electron chi connectivity index (χ0n) is 20.8. The summed E-state index contributed by atoms with van der Waals surface area (Å²) in [5.41, 5.74) is 1.04. The third-order valence-corrected chi connectivity index (χ3v) is 7.29. The minimum absolute atomic E-state index is 0.129. The van der Waals surface area contributed by atoms with Crippen LogP contribution < -0.4 is 19.5 Å². The molecule has 1 aliphatic heterocycles. The number of nitrogens with zero attached hydrogens (tertiary/aromatic N) is 1. The van der Waals surface area contributed by atoms with E-state index in [1.54, 1.807) is 45.6 Å². The molecule has 8 nitrogen and oxygen atoms in total. The van der Waals surface area contributed by atoms with Crippen LogP contribution in [0.4, 0.5) is 5.69 Å². The summed E-state index contributed by atoms with van der Waals surface area (Å²) >= 11 is 0. The maximum Gasteiger partial charge on any atom is 0.254 e. The third-order valence-electron chi connectivity index (χ3n) is 7.29.